The van der Waals surface area contributed by atoms with Crippen LogP contribution >= 0.6 is 0 Å². The van der Waals surface area contributed by atoms with Crippen LogP contribution in [0.4, 0.5) is 0 Å². The maximum absolute atomic E-state index is 10.2. The van der Waals surface area contributed by atoms with Crippen molar-refractivity contribution in [1.29, 1.82) is 0 Å². The number of nitrogens with zero attached hydrogens (tertiary/aromatic N) is 1. The predicted molar refractivity (Wildman–Crippen MR) is 106 cm³/mol. The Morgan fingerprint density at radius 1 is 1.07 bits per heavy atom. The molecule has 3 rings (SSSR count). The SMILES string of the molecule is Cc1[nH]nc(O[C@@H]2O[C@H](CO)[C@@H](O)[C@H](O)[C@H]2O)c1Cc1ccc(CC(C)C)cc1. The minimum Gasteiger partial charge on any atom is -0.443 e. The smallest absolute Gasteiger partial charge is 0.238 e. The Morgan fingerprint density at radius 3 is 2.34 bits per heavy atom. The van der Waals surface area contributed by atoms with E-state index in [-0.39, 0.29) is 5.88 Å². The Hall–Kier alpha value is -1.97. The van der Waals surface area contributed by atoms with Crippen LogP contribution in [0.3, 0.4) is 0 Å². The van der Waals surface area contributed by atoms with Crippen LogP contribution < -0.4 is 4.74 Å². The van der Waals surface area contributed by atoms with E-state index in [0.717, 1.165) is 23.2 Å². The zero-order valence-corrected chi connectivity index (χ0v) is 16.9. The number of benzene rings is 1. The van der Waals surface area contributed by atoms with Gasteiger partial charge < -0.3 is 29.9 Å². The van der Waals surface area contributed by atoms with E-state index in [9.17, 15) is 20.4 Å². The van der Waals surface area contributed by atoms with E-state index < -0.39 is 37.3 Å². The highest BCUT2D eigenvalue weighted by molar-refractivity contribution is 5.36. The average Bonchev–Trinajstić information content (AvgIpc) is 3.03. The average molecular weight is 406 g/mol. The first-order valence-electron chi connectivity index (χ1n) is 9.89. The molecule has 1 aliphatic rings. The van der Waals surface area contributed by atoms with Crippen LogP contribution in [-0.4, -0.2) is 67.9 Å². The number of nitrogens with one attached hydrogen (secondary N) is 1. The highest BCUT2D eigenvalue weighted by Gasteiger charge is 2.45. The number of aryl methyl sites for hydroxylation is 1. The molecule has 0 spiro atoms. The van der Waals surface area contributed by atoms with Gasteiger partial charge in [0.15, 0.2) is 0 Å². The number of aliphatic hydroxyl groups excluding tert-OH is 4. The van der Waals surface area contributed by atoms with Gasteiger partial charge in [0.25, 0.3) is 0 Å². The van der Waals surface area contributed by atoms with Crippen LogP contribution in [0.2, 0.25) is 0 Å². The van der Waals surface area contributed by atoms with Crippen LogP contribution in [0.15, 0.2) is 24.3 Å². The molecule has 0 saturated carbocycles. The highest BCUT2D eigenvalue weighted by atomic mass is 16.7. The van der Waals surface area contributed by atoms with Crippen LogP contribution in [0.1, 0.15) is 36.2 Å². The summed E-state index contributed by atoms with van der Waals surface area (Å²) < 4.78 is 11.1. The molecule has 0 unspecified atom stereocenters. The molecule has 1 fully saturated rings. The second-order valence-corrected chi connectivity index (χ2v) is 8.04. The van der Waals surface area contributed by atoms with Crippen molar-refractivity contribution >= 4 is 0 Å². The molecule has 0 aliphatic carbocycles. The van der Waals surface area contributed by atoms with E-state index in [4.69, 9.17) is 9.47 Å². The third kappa shape index (κ3) is 4.96. The summed E-state index contributed by atoms with van der Waals surface area (Å²) in [5, 5.41) is 46.4. The van der Waals surface area contributed by atoms with Gasteiger partial charge >= 0.3 is 0 Å². The van der Waals surface area contributed by atoms with Crippen LogP contribution in [-0.2, 0) is 17.6 Å². The third-order valence-corrected chi connectivity index (χ3v) is 5.16. The van der Waals surface area contributed by atoms with Gasteiger partial charge in [-0.25, -0.2) is 0 Å². The summed E-state index contributed by atoms with van der Waals surface area (Å²) in [7, 11) is 0. The fraction of sp³-hybridized carbons (Fsp3) is 0.571. The van der Waals surface area contributed by atoms with E-state index >= 15 is 0 Å². The molecular formula is C21H30N2O6. The quantitative estimate of drug-likeness (QED) is 0.458. The molecule has 0 radical (unpaired) electrons. The van der Waals surface area contributed by atoms with Gasteiger partial charge in [0, 0.05) is 17.7 Å². The molecule has 1 aliphatic heterocycles. The van der Waals surface area contributed by atoms with Crippen molar-refractivity contribution in [3.05, 3.63) is 46.6 Å². The molecule has 2 heterocycles. The van der Waals surface area contributed by atoms with E-state index in [1.807, 2.05) is 6.92 Å². The lowest BCUT2D eigenvalue weighted by Crippen LogP contribution is -2.60. The van der Waals surface area contributed by atoms with E-state index in [1.54, 1.807) is 0 Å². The molecule has 1 saturated heterocycles. The standard InChI is InChI=1S/C21H30N2O6/c1-11(2)8-13-4-6-14(7-5-13)9-15-12(3)22-23-20(15)29-21-19(27)18(26)17(25)16(10-24)28-21/h4-7,11,16-19,21,24-27H,8-10H2,1-3H3,(H,22,23)/t16-,17-,18+,19-,21+/m1/s1. The number of rotatable bonds is 7. The number of H-pyrrole nitrogens is 1. The largest absolute Gasteiger partial charge is 0.443 e. The number of aliphatic hydroxyl groups is 4. The van der Waals surface area contributed by atoms with Crippen LogP contribution in [0, 0.1) is 12.8 Å². The lowest BCUT2D eigenvalue weighted by Gasteiger charge is -2.39. The number of aromatic amines is 1. The number of hydrogen-bond acceptors (Lipinski definition) is 7. The first kappa shape index (κ1) is 21.7. The van der Waals surface area contributed by atoms with Crippen LogP contribution in [0.5, 0.6) is 5.88 Å². The summed E-state index contributed by atoms with van der Waals surface area (Å²) in [5.74, 6) is 0.841. The van der Waals surface area contributed by atoms with Gasteiger partial charge in [-0.2, -0.15) is 0 Å². The molecule has 160 valence electrons. The Morgan fingerprint density at radius 2 is 1.72 bits per heavy atom. The van der Waals surface area contributed by atoms with E-state index in [0.29, 0.717) is 12.3 Å². The maximum atomic E-state index is 10.2. The van der Waals surface area contributed by atoms with Gasteiger partial charge in [-0.1, -0.05) is 38.1 Å². The number of ether oxygens (including phenoxy) is 2. The Balaban J connectivity index is 1.74. The van der Waals surface area contributed by atoms with Gasteiger partial charge in [-0.15, -0.1) is 5.10 Å². The summed E-state index contributed by atoms with van der Waals surface area (Å²) in [6, 6.07) is 8.37. The van der Waals surface area contributed by atoms with Crippen molar-refractivity contribution < 1.29 is 29.9 Å². The molecule has 5 atom stereocenters. The molecule has 1 aromatic heterocycles. The summed E-state index contributed by atoms with van der Waals surface area (Å²) in [6.45, 7) is 5.73. The number of aromatic nitrogens is 2. The van der Waals surface area contributed by atoms with Crippen molar-refractivity contribution in [1.82, 2.24) is 10.2 Å². The lowest BCUT2D eigenvalue weighted by atomic mass is 9.99. The van der Waals surface area contributed by atoms with Crippen molar-refractivity contribution in [2.75, 3.05) is 6.61 Å². The topological polar surface area (TPSA) is 128 Å². The zero-order valence-electron chi connectivity index (χ0n) is 16.9. The second-order valence-electron chi connectivity index (χ2n) is 8.04. The molecule has 1 aromatic carbocycles. The first-order chi connectivity index (χ1) is 13.8. The van der Waals surface area contributed by atoms with Gasteiger partial charge in [0.2, 0.25) is 12.2 Å². The second kappa shape index (κ2) is 9.23. The summed E-state index contributed by atoms with van der Waals surface area (Å²) >= 11 is 0. The zero-order chi connectivity index (χ0) is 21.1. The maximum Gasteiger partial charge on any atom is 0.238 e. The van der Waals surface area contributed by atoms with Crippen molar-refractivity contribution in [3.8, 4) is 5.88 Å². The van der Waals surface area contributed by atoms with E-state index in [2.05, 4.69) is 48.3 Å². The minimum atomic E-state index is -1.50. The molecule has 5 N–H and O–H groups in total. The third-order valence-electron chi connectivity index (χ3n) is 5.16. The molecule has 8 heteroatoms. The molecular weight excluding hydrogens is 376 g/mol. The van der Waals surface area contributed by atoms with Crippen molar-refractivity contribution in [3.63, 3.8) is 0 Å². The predicted octanol–water partition coefficient (Wildman–Crippen LogP) is 0.686. The van der Waals surface area contributed by atoms with Gasteiger partial charge in [-0.3, -0.25) is 5.10 Å². The van der Waals surface area contributed by atoms with Gasteiger partial charge in [0.05, 0.1) is 6.61 Å². The monoisotopic (exact) mass is 406 g/mol. The van der Waals surface area contributed by atoms with Gasteiger partial charge in [-0.05, 0) is 30.4 Å². The summed E-state index contributed by atoms with van der Waals surface area (Å²) in [5.41, 5.74) is 3.99. The summed E-state index contributed by atoms with van der Waals surface area (Å²) in [4.78, 5) is 0. The minimum absolute atomic E-state index is 0.248. The van der Waals surface area contributed by atoms with E-state index in [1.165, 1.54) is 5.56 Å². The first-order valence-corrected chi connectivity index (χ1v) is 9.89. The number of hydrogen-bond donors (Lipinski definition) is 5. The lowest BCUT2D eigenvalue weighted by molar-refractivity contribution is -0.278. The molecule has 8 nitrogen and oxygen atoms in total. The van der Waals surface area contributed by atoms with Crippen molar-refractivity contribution in [2.45, 2.75) is 64.3 Å². The molecule has 0 amide bonds. The fourth-order valence-electron chi connectivity index (χ4n) is 3.48. The normalized spacial score (nSPS) is 27.4. The Kier molecular flexibility index (Phi) is 6.92. The molecule has 2 aromatic rings. The van der Waals surface area contributed by atoms with Gasteiger partial charge in [0.1, 0.15) is 24.4 Å². The Bertz CT molecular complexity index is 789. The fourth-order valence-corrected chi connectivity index (χ4v) is 3.48. The highest BCUT2D eigenvalue weighted by Crippen LogP contribution is 2.28. The van der Waals surface area contributed by atoms with Crippen molar-refractivity contribution in [2.24, 2.45) is 5.92 Å². The molecule has 0 bridgehead atoms. The van der Waals surface area contributed by atoms with Crippen LogP contribution in [0.25, 0.3) is 0 Å². The summed E-state index contributed by atoms with van der Waals surface area (Å²) in [6.07, 6.45) is -5.11. The molecule has 29 heavy (non-hydrogen) atoms. The Labute approximate surface area is 170 Å².